The summed E-state index contributed by atoms with van der Waals surface area (Å²) < 4.78 is 1.91. The van der Waals surface area contributed by atoms with E-state index in [-0.39, 0.29) is 28.6 Å². The molecule has 0 spiro atoms. The number of nitrogens with zero attached hydrogens (tertiary/aromatic N) is 4. The predicted octanol–water partition coefficient (Wildman–Crippen LogP) is 3.91. The molecule has 0 aliphatic carbocycles. The molecule has 2 N–H and O–H groups in total. The third-order valence-electron chi connectivity index (χ3n) is 4.69. The minimum Gasteiger partial charge on any atom is -0.508 e. The fourth-order valence-corrected chi connectivity index (χ4v) is 4.30. The van der Waals surface area contributed by atoms with Crippen molar-refractivity contribution in [1.29, 1.82) is 0 Å². The lowest BCUT2D eigenvalue weighted by Crippen LogP contribution is -2.22. The van der Waals surface area contributed by atoms with E-state index in [0.717, 1.165) is 43.6 Å². The van der Waals surface area contributed by atoms with E-state index in [1.54, 1.807) is 6.07 Å². The van der Waals surface area contributed by atoms with Crippen molar-refractivity contribution in [3.05, 3.63) is 53.1 Å². The number of halogens is 1. The number of anilines is 1. The second-order valence-electron chi connectivity index (χ2n) is 6.71. The molecule has 1 aromatic heterocycles. The Hall–Kier alpha value is -2.71. The number of phenols is 2. The number of carbonyl (C=O) groups excluding carboxylic acids is 1. The molecule has 2 heterocycles. The predicted molar refractivity (Wildman–Crippen MR) is 113 cm³/mol. The molecular weight excluding hydrogens is 412 g/mol. The van der Waals surface area contributed by atoms with Gasteiger partial charge >= 0.3 is 0 Å². The molecule has 1 fully saturated rings. The molecule has 1 aliphatic heterocycles. The van der Waals surface area contributed by atoms with Crippen LogP contribution in [0, 0.1) is 0 Å². The van der Waals surface area contributed by atoms with E-state index in [4.69, 9.17) is 11.6 Å². The zero-order chi connectivity index (χ0) is 20.4. The van der Waals surface area contributed by atoms with Gasteiger partial charge in [-0.25, -0.2) is 0 Å². The summed E-state index contributed by atoms with van der Waals surface area (Å²) in [5, 5.41) is 29.2. The van der Waals surface area contributed by atoms with Crippen molar-refractivity contribution in [2.45, 2.75) is 18.0 Å². The van der Waals surface area contributed by atoms with Gasteiger partial charge in [0.25, 0.3) is 0 Å². The molecule has 1 aliphatic rings. The molecule has 9 heteroatoms. The van der Waals surface area contributed by atoms with Crippen molar-refractivity contribution in [2.75, 3.05) is 23.7 Å². The zero-order valence-corrected chi connectivity index (χ0v) is 17.0. The van der Waals surface area contributed by atoms with Crippen molar-refractivity contribution in [3.8, 4) is 17.2 Å². The fourth-order valence-electron chi connectivity index (χ4n) is 3.28. The van der Waals surface area contributed by atoms with Crippen molar-refractivity contribution >= 4 is 35.1 Å². The molecule has 4 rings (SSSR count). The Balaban J connectivity index is 1.62. The second kappa shape index (κ2) is 8.34. The fraction of sp³-hybridized carbons (Fsp3) is 0.250. The van der Waals surface area contributed by atoms with Crippen LogP contribution in [0.5, 0.6) is 11.5 Å². The molecule has 3 aromatic rings. The Morgan fingerprint density at radius 2 is 1.90 bits per heavy atom. The van der Waals surface area contributed by atoms with Crippen LogP contribution in [-0.4, -0.2) is 49.6 Å². The largest absolute Gasteiger partial charge is 0.508 e. The van der Waals surface area contributed by atoms with E-state index in [1.807, 2.05) is 22.8 Å². The van der Waals surface area contributed by atoms with Gasteiger partial charge < -0.3 is 15.1 Å². The molecule has 0 saturated carbocycles. The maximum absolute atomic E-state index is 12.6. The lowest BCUT2D eigenvalue weighted by molar-refractivity contribution is 0.102. The Bertz CT molecular complexity index is 1050. The van der Waals surface area contributed by atoms with Gasteiger partial charge in [0, 0.05) is 24.2 Å². The van der Waals surface area contributed by atoms with E-state index in [2.05, 4.69) is 15.1 Å². The Labute approximate surface area is 176 Å². The standard InChI is InChI=1S/C20H19ClN4O3S/c21-13-4-3-5-14(10-13)25-19(24-8-1-2-9-24)22-23-20(25)29-12-18(28)16-7-6-15(26)11-17(16)27/h3-7,10-11,26-27H,1-2,8-9,12H2. The van der Waals surface area contributed by atoms with Gasteiger partial charge in [0.15, 0.2) is 10.9 Å². The highest BCUT2D eigenvalue weighted by Gasteiger charge is 2.23. The molecule has 0 amide bonds. The Kier molecular flexibility index (Phi) is 5.64. The molecule has 7 nitrogen and oxygen atoms in total. The molecule has 29 heavy (non-hydrogen) atoms. The summed E-state index contributed by atoms with van der Waals surface area (Å²) in [4.78, 5) is 14.7. The summed E-state index contributed by atoms with van der Waals surface area (Å²) >= 11 is 7.43. The summed E-state index contributed by atoms with van der Waals surface area (Å²) in [5.74, 6) is 0.187. The minimum absolute atomic E-state index is 0.0665. The highest BCUT2D eigenvalue weighted by atomic mass is 35.5. The Morgan fingerprint density at radius 1 is 1.10 bits per heavy atom. The summed E-state index contributed by atoms with van der Waals surface area (Å²) in [5.41, 5.74) is 0.982. The number of hydrogen-bond donors (Lipinski definition) is 2. The van der Waals surface area contributed by atoms with Crippen LogP contribution in [0.3, 0.4) is 0 Å². The average molecular weight is 431 g/mol. The molecular formula is C20H19ClN4O3S. The lowest BCUT2D eigenvalue weighted by atomic mass is 10.1. The van der Waals surface area contributed by atoms with Crippen LogP contribution in [0.1, 0.15) is 23.2 Å². The molecule has 1 saturated heterocycles. The topological polar surface area (TPSA) is 91.5 Å². The SMILES string of the molecule is O=C(CSc1nnc(N2CCCC2)n1-c1cccc(Cl)c1)c1ccc(O)cc1O. The monoisotopic (exact) mass is 430 g/mol. The molecule has 0 atom stereocenters. The maximum atomic E-state index is 12.6. The van der Waals surface area contributed by atoms with Crippen LogP contribution >= 0.6 is 23.4 Å². The molecule has 150 valence electrons. The van der Waals surface area contributed by atoms with Crippen LogP contribution in [0.2, 0.25) is 5.02 Å². The normalized spacial score (nSPS) is 13.8. The number of benzene rings is 2. The van der Waals surface area contributed by atoms with E-state index >= 15 is 0 Å². The molecule has 0 bridgehead atoms. The van der Waals surface area contributed by atoms with Gasteiger partial charge in [-0.15, -0.1) is 10.2 Å². The van der Waals surface area contributed by atoms with Gasteiger partial charge in [-0.1, -0.05) is 29.4 Å². The summed E-state index contributed by atoms with van der Waals surface area (Å²) in [6.45, 7) is 1.81. The third kappa shape index (κ3) is 4.18. The van der Waals surface area contributed by atoms with Crippen molar-refractivity contribution < 1.29 is 15.0 Å². The summed E-state index contributed by atoms with van der Waals surface area (Å²) in [7, 11) is 0. The third-order valence-corrected chi connectivity index (χ3v) is 5.85. The first-order chi connectivity index (χ1) is 14.0. The van der Waals surface area contributed by atoms with Gasteiger partial charge in [-0.2, -0.15) is 0 Å². The van der Waals surface area contributed by atoms with Gasteiger partial charge in [-0.3, -0.25) is 9.36 Å². The number of phenolic OH excluding ortho intramolecular Hbond substituents is 2. The van der Waals surface area contributed by atoms with Crippen LogP contribution in [0.15, 0.2) is 47.6 Å². The number of aromatic hydroxyl groups is 2. The number of aromatic nitrogens is 3. The van der Waals surface area contributed by atoms with E-state index in [9.17, 15) is 15.0 Å². The van der Waals surface area contributed by atoms with Crippen molar-refractivity contribution in [3.63, 3.8) is 0 Å². The van der Waals surface area contributed by atoms with Gasteiger partial charge in [0.05, 0.1) is 17.0 Å². The van der Waals surface area contributed by atoms with Crippen LogP contribution in [-0.2, 0) is 0 Å². The van der Waals surface area contributed by atoms with Gasteiger partial charge in [0.1, 0.15) is 11.5 Å². The van der Waals surface area contributed by atoms with E-state index in [0.29, 0.717) is 10.2 Å². The van der Waals surface area contributed by atoms with E-state index < -0.39 is 0 Å². The average Bonchev–Trinajstić information content (AvgIpc) is 3.35. The lowest BCUT2D eigenvalue weighted by Gasteiger charge is -2.18. The van der Waals surface area contributed by atoms with Crippen LogP contribution in [0.25, 0.3) is 5.69 Å². The maximum Gasteiger partial charge on any atom is 0.232 e. The van der Waals surface area contributed by atoms with Gasteiger partial charge in [0.2, 0.25) is 5.95 Å². The molecule has 0 unspecified atom stereocenters. The number of ketones is 1. The first kappa shape index (κ1) is 19.6. The second-order valence-corrected chi connectivity index (χ2v) is 8.08. The zero-order valence-electron chi connectivity index (χ0n) is 15.5. The van der Waals surface area contributed by atoms with Crippen molar-refractivity contribution in [2.24, 2.45) is 0 Å². The minimum atomic E-state index is -0.268. The first-order valence-electron chi connectivity index (χ1n) is 9.17. The number of Topliss-reactive ketones (excluding diaryl/α,β-unsaturated/α-hetero) is 1. The van der Waals surface area contributed by atoms with Crippen LogP contribution < -0.4 is 4.90 Å². The smallest absolute Gasteiger partial charge is 0.232 e. The van der Waals surface area contributed by atoms with Crippen LogP contribution in [0.4, 0.5) is 5.95 Å². The van der Waals surface area contributed by atoms with E-state index in [1.165, 1.54) is 23.9 Å². The molecule has 0 radical (unpaired) electrons. The quantitative estimate of drug-likeness (QED) is 0.452. The summed E-state index contributed by atoms with van der Waals surface area (Å²) in [6, 6.07) is 11.4. The first-order valence-corrected chi connectivity index (χ1v) is 10.5. The number of rotatable bonds is 6. The Morgan fingerprint density at radius 3 is 2.62 bits per heavy atom. The number of hydrogen-bond acceptors (Lipinski definition) is 7. The summed E-state index contributed by atoms with van der Waals surface area (Å²) in [6.07, 6.45) is 2.20. The number of thioether (sulfide) groups is 1. The highest BCUT2D eigenvalue weighted by molar-refractivity contribution is 7.99. The highest BCUT2D eigenvalue weighted by Crippen LogP contribution is 2.31. The number of carbonyl (C=O) groups is 1. The van der Waals surface area contributed by atoms with Crippen molar-refractivity contribution in [1.82, 2.24) is 14.8 Å². The molecule has 2 aromatic carbocycles. The van der Waals surface area contributed by atoms with Gasteiger partial charge in [-0.05, 0) is 43.2 Å².